The Morgan fingerprint density at radius 3 is 2.57 bits per heavy atom. The first kappa shape index (κ1) is 15.3. The van der Waals surface area contributed by atoms with Gasteiger partial charge in [0, 0.05) is 12.7 Å². The highest BCUT2D eigenvalue weighted by Crippen LogP contribution is 2.17. The van der Waals surface area contributed by atoms with Gasteiger partial charge in [-0.2, -0.15) is 5.10 Å². The Labute approximate surface area is 126 Å². The van der Waals surface area contributed by atoms with Crippen LogP contribution in [0.1, 0.15) is 54.3 Å². The van der Waals surface area contributed by atoms with E-state index in [0.717, 1.165) is 24.9 Å². The predicted molar refractivity (Wildman–Crippen MR) is 84.2 cm³/mol. The van der Waals surface area contributed by atoms with Crippen LogP contribution >= 0.6 is 0 Å². The molecule has 112 valence electrons. The maximum atomic E-state index is 12.3. The number of nitrogens with zero attached hydrogens (tertiary/aromatic N) is 2. The molecule has 4 heteroatoms. The van der Waals surface area contributed by atoms with Crippen LogP contribution in [0.5, 0.6) is 0 Å². The molecule has 0 aliphatic carbocycles. The Kier molecular flexibility index (Phi) is 5.14. The molecule has 4 nitrogen and oxygen atoms in total. The molecule has 0 saturated carbocycles. The molecule has 1 aromatic carbocycles. The van der Waals surface area contributed by atoms with E-state index in [1.807, 2.05) is 10.9 Å². The molecular weight excluding hydrogens is 262 g/mol. The first-order valence-corrected chi connectivity index (χ1v) is 7.55. The van der Waals surface area contributed by atoms with Crippen molar-refractivity contribution in [2.45, 2.75) is 46.2 Å². The van der Waals surface area contributed by atoms with Crippen molar-refractivity contribution >= 4 is 5.91 Å². The zero-order valence-electron chi connectivity index (χ0n) is 13.0. The molecule has 1 aromatic heterocycles. The van der Waals surface area contributed by atoms with Crippen molar-refractivity contribution in [1.82, 2.24) is 15.1 Å². The molecule has 0 bridgehead atoms. The molecule has 0 radical (unpaired) electrons. The second-order valence-corrected chi connectivity index (χ2v) is 5.31. The van der Waals surface area contributed by atoms with Crippen molar-refractivity contribution in [1.29, 1.82) is 0 Å². The fourth-order valence-corrected chi connectivity index (χ4v) is 2.29. The second-order valence-electron chi connectivity index (χ2n) is 5.31. The quantitative estimate of drug-likeness (QED) is 0.883. The summed E-state index contributed by atoms with van der Waals surface area (Å²) in [6, 6.07) is 10.1. The van der Waals surface area contributed by atoms with E-state index in [4.69, 9.17) is 0 Å². The topological polar surface area (TPSA) is 46.9 Å². The molecule has 2 aromatic rings. The number of aromatic nitrogens is 2. The van der Waals surface area contributed by atoms with Crippen LogP contribution in [0.25, 0.3) is 0 Å². The summed E-state index contributed by atoms with van der Waals surface area (Å²) < 4.78 is 1.81. The molecule has 0 fully saturated rings. The van der Waals surface area contributed by atoms with Crippen molar-refractivity contribution in [2.75, 3.05) is 0 Å². The number of hydrogen-bond donors (Lipinski definition) is 1. The predicted octanol–water partition coefficient (Wildman–Crippen LogP) is 3.48. The Morgan fingerprint density at radius 1 is 1.24 bits per heavy atom. The third kappa shape index (κ3) is 3.94. The lowest BCUT2D eigenvalue weighted by Gasteiger charge is -2.17. The van der Waals surface area contributed by atoms with Gasteiger partial charge in [-0.05, 0) is 31.4 Å². The van der Waals surface area contributed by atoms with E-state index in [-0.39, 0.29) is 11.9 Å². The largest absolute Gasteiger partial charge is 0.344 e. The molecule has 0 saturated heterocycles. The minimum absolute atomic E-state index is 0.0226. The van der Waals surface area contributed by atoms with E-state index in [9.17, 15) is 4.79 Å². The fourth-order valence-electron chi connectivity index (χ4n) is 2.29. The van der Waals surface area contributed by atoms with Crippen molar-refractivity contribution in [2.24, 2.45) is 0 Å². The first-order chi connectivity index (χ1) is 10.1. The number of benzene rings is 1. The van der Waals surface area contributed by atoms with E-state index in [0.29, 0.717) is 5.69 Å². The average molecular weight is 285 g/mol. The van der Waals surface area contributed by atoms with Crippen LogP contribution in [-0.4, -0.2) is 15.7 Å². The minimum atomic E-state index is -0.114. The van der Waals surface area contributed by atoms with Crippen LogP contribution in [0.4, 0.5) is 0 Å². The van der Waals surface area contributed by atoms with Gasteiger partial charge in [0.15, 0.2) is 0 Å². The lowest BCUT2D eigenvalue weighted by atomic mass is 10.0. The van der Waals surface area contributed by atoms with E-state index >= 15 is 0 Å². The van der Waals surface area contributed by atoms with Crippen LogP contribution < -0.4 is 5.32 Å². The Hall–Kier alpha value is -2.10. The molecule has 1 N–H and O–H groups in total. The van der Waals surface area contributed by atoms with Crippen molar-refractivity contribution in [3.05, 3.63) is 53.3 Å². The standard InChI is InChI=1S/C17H23N3O/c1-4-11-20-12-10-16(19-20)17(21)18-15(5-2)14-8-6-13(3)7-9-14/h6-10,12,15H,4-5,11H2,1-3H3,(H,18,21). The highest BCUT2D eigenvalue weighted by Gasteiger charge is 2.15. The highest BCUT2D eigenvalue weighted by atomic mass is 16.2. The van der Waals surface area contributed by atoms with Gasteiger partial charge in [0.2, 0.25) is 0 Å². The summed E-state index contributed by atoms with van der Waals surface area (Å²) in [4.78, 5) is 12.3. The summed E-state index contributed by atoms with van der Waals surface area (Å²) in [7, 11) is 0. The number of hydrogen-bond acceptors (Lipinski definition) is 2. The highest BCUT2D eigenvalue weighted by molar-refractivity contribution is 5.92. The van der Waals surface area contributed by atoms with Crippen molar-refractivity contribution in [3.8, 4) is 0 Å². The zero-order valence-corrected chi connectivity index (χ0v) is 13.0. The third-order valence-electron chi connectivity index (χ3n) is 3.52. The van der Waals surface area contributed by atoms with E-state index in [1.165, 1.54) is 5.56 Å². The molecule has 0 aliphatic heterocycles. The molecule has 21 heavy (non-hydrogen) atoms. The average Bonchev–Trinajstić information content (AvgIpc) is 2.95. The van der Waals surface area contributed by atoms with Crippen LogP contribution in [0.15, 0.2) is 36.5 Å². The fraction of sp³-hybridized carbons (Fsp3) is 0.412. The van der Waals surface area contributed by atoms with E-state index in [2.05, 4.69) is 55.5 Å². The molecule has 1 amide bonds. The molecule has 0 aliphatic rings. The van der Waals surface area contributed by atoms with Gasteiger partial charge in [0.1, 0.15) is 5.69 Å². The van der Waals surface area contributed by atoms with E-state index in [1.54, 1.807) is 6.07 Å². The monoisotopic (exact) mass is 285 g/mol. The summed E-state index contributed by atoms with van der Waals surface area (Å²) in [6.45, 7) is 7.05. The summed E-state index contributed by atoms with van der Waals surface area (Å²) in [5.74, 6) is -0.114. The van der Waals surface area contributed by atoms with Crippen LogP contribution in [0.2, 0.25) is 0 Å². The van der Waals surface area contributed by atoms with Gasteiger partial charge in [-0.15, -0.1) is 0 Å². The van der Waals surface area contributed by atoms with Crippen molar-refractivity contribution < 1.29 is 4.79 Å². The van der Waals surface area contributed by atoms with Crippen LogP contribution in [0.3, 0.4) is 0 Å². The summed E-state index contributed by atoms with van der Waals surface area (Å²) in [6.07, 6.45) is 3.71. The van der Waals surface area contributed by atoms with Gasteiger partial charge in [0.25, 0.3) is 5.91 Å². The maximum Gasteiger partial charge on any atom is 0.272 e. The van der Waals surface area contributed by atoms with Gasteiger partial charge in [-0.25, -0.2) is 0 Å². The molecule has 1 unspecified atom stereocenters. The second kappa shape index (κ2) is 7.07. The normalized spacial score (nSPS) is 12.1. The molecular formula is C17H23N3O. The van der Waals surface area contributed by atoms with Gasteiger partial charge < -0.3 is 5.32 Å². The number of aryl methyl sites for hydroxylation is 2. The summed E-state index contributed by atoms with van der Waals surface area (Å²) in [5.41, 5.74) is 2.83. The Morgan fingerprint density at radius 2 is 1.95 bits per heavy atom. The lowest BCUT2D eigenvalue weighted by Crippen LogP contribution is -2.28. The third-order valence-corrected chi connectivity index (χ3v) is 3.52. The maximum absolute atomic E-state index is 12.3. The summed E-state index contributed by atoms with van der Waals surface area (Å²) in [5, 5.41) is 7.36. The number of rotatable bonds is 6. The number of carbonyl (C=O) groups is 1. The molecule has 2 rings (SSSR count). The number of carbonyl (C=O) groups excluding carboxylic acids is 1. The SMILES string of the molecule is CCCn1ccc(C(=O)NC(CC)c2ccc(C)cc2)n1. The first-order valence-electron chi connectivity index (χ1n) is 7.55. The zero-order chi connectivity index (χ0) is 15.2. The smallest absolute Gasteiger partial charge is 0.272 e. The van der Waals surface area contributed by atoms with Gasteiger partial charge in [0.05, 0.1) is 6.04 Å². The molecule has 0 spiro atoms. The van der Waals surface area contributed by atoms with Crippen LogP contribution in [-0.2, 0) is 6.54 Å². The lowest BCUT2D eigenvalue weighted by molar-refractivity contribution is 0.0929. The van der Waals surface area contributed by atoms with Gasteiger partial charge in [-0.1, -0.05) is 43.7 Å². The molecule has 1 atom stereocenters. The Bertz CT molecular complexity index is 586. The van der Waals surface area contributed by atoms with Gasteiger partial charge in [-0.3, -0.25) is 9.48 Å². The molecule has 1 heterocycles. The number of nitrogens with one attached hydrogen (secondary N) is 1. The van der Waals surface area contributed by atoms with Crippen molar-refractivity contribution in [3.63, 3.8) is 0 Å². The summed E-state index contributed by atoms with van der Waals surface area (Å²) >= 11 is 0. The Balaban J connectivity index is 2.06. The van der Waals surface area contributed by atoms with Crippen LogP contribution in [0, 0.1) is 6.92 Å². The van der Waals surface area contributed by atoms with E-state index < -0.39 is 0 Å². The van der Waals surface area contributed by atoms with Gasteiger partial charge >= 0.3 is 0 Å². The minimum Gasteiger partial charge on any atom is -0.344 e. The number of amides is 1.